The van der Waals surface area contributed by atoms with Gasteiger partial charge in [0.1, 0.15) is 5.58 Å². The second-order valence-electron chi connectivity index (χ2n) is 4.99. The fourth-order valence-corrected chi connectivity index (χ4v) is 2.34. The lowest BCUT2D eigenvalue weighted by molar-refractivity contribution is 0.0723. The van der Waals surface area contributed by atoms with E-state index in [1.807, 2.05) is 44.4 Å². The van der Waals surface area contributed by atoms with E-state index in [1.54, 1.807) is 21.8 Å². The lowest BCUT2D eigenvalue weighted by Gasteiger charge is -2.18. The van der Waals surface area contributed by atoms with Crippen molar-refractivity contribution in [3.8, 4) is 0 Å². The number of para-hydroxylation sites is 1. The molecule has 0 saturated carbocycles. The van der Waals surface area contributed by atoms with Crippen molar-refractivity contribution in [3.05, 3.63) is 54.0 Å². The minimum absolute atomic E-state index is 0.0995. The SMILES string of the molecule is CCN(Cc1cnn(C)c1)C(=O)c1cc2ccccc2o1. The van der Waals surface area contributed by atoms with E-state index in [9.17, 15) is 4.79 Å². The Hall–Kier alpha value is -2.56. The normalized spacial score (nSPS) is 11.0. The van der Waals surface area contributed by atoms with Crippen LogP contribution in [0, 0.1) is 0 Å². The maximum Gasteiger partial charge on any atom is 0.289 e. The van der Waals surface area contributed by atoms with E-state index in [0.29, 0.717) is 18.8 Å². The summed E-state index contributed by atoms with van der Waals surface area (Å²) in [5.74, 6) is 0.277. The van der Waals surface area contributed by atoms with Gasteiger partial charge in [-0.25, -0.2) is 0 Å². The molecule has 2 aromatic heterocycles. The smallest absolute Gasteiger partial charge is 0.289 e. The zero-order valence-corrected chi connectivity index (χ0v) is 12.1. The van der Waals surface area contributed by atoms with Gasteiger partial charge in [-0.3, -0.25) is 9.48 Å². The highest BCUT2D eigenvalue weighted by atomic mass is 16.3. The van der Waals surface area contributed by atoms with Gasteiger partial charge < -0.3 is 9.32 Å². The number of furan rings is 1. The lowest BCUT2D eigenvalue weighted by atomic mass is 10.2. The van der Waals surface area contributed by atoms with Crippen molar-refractivity contribution in [1.82, 2.24) is 14.7 Å². The van der Waals surface area contributed by atoms with Crippen molar-refractivity contribution in [2.45, 2.75) is 13.5 Å². The van der Waals surface area contributed by atoms with E-state index in [1.165, 1.54) is 0 Å². The van der Waals surface area contributed by atoms with Crippen molar-refractivity contribution in [2.75, 3.05) is 6.54 Å². The third-order valence-corrected chi connectivity index (χ3v) is 3.44. The van der Waals surface area contributed by atoms with Crippen LogP contribution in [0.3, 0.4) is 0 Å². The molecule has 0 bridgehead atoms. The van der Waals surface area contributed by atoms with Crippen LogP contribution in [0.15, 0.2) is 47.1 Å². The summed E-state index contributed by atoms with van der Waals surface area (Å²) < 4.78 is 7.37. The van der Waals surface area contributed by atoms with Crippen LogP contribution in [0.4, 0.5) is 0 Å². The molecule has 3 aromatic rings. The van der Waals surface area contributed by atoms with Gasteiger partial charge in [-0.2, -0.15) is 5.10 Å². The minimum atomic E-state index is -0.0995. The van der Waals surface area contributed by atoms with Gasteiger partial charge in [-0.1, -0.05) is 18.2 Å². The summed E-state index contributed by atoms with van der Waals surface area (Å²) in [5.41, 5.74) is 1.74. The van der Waals surface area contributed by atoms with Crippen molar-refractivity contribution in [2.24, 2.45) is 7.05 Å². The van der Waals surface area contributed by atoms with Gasteiger partial charge in [0.2, 0.25) is 0 Å². The monoisotopic (exact) mass is 283 g/mol. The first-order chi connectivity index (χ1) is 10.2. The number of rotatable bonds is 4. The number of nitrogens with zero attached hydrogens (tertiary/aromatic N) is 3. The highest BCUT2D eigenvalue weighted by Crippen LogP contribution is 2.20. The molecule has 5 nitrogen and oxygen atoms in total. The quantitative estimate of drug-likeness (QED) is 0.740. The van der Waals surface area contributed by atoms with Crippen molar-refractivity contribution in [3.63, 3.8) is 0 Å². The highest BCUT2D eigenvalue weighted by molar-refractivity contribution is 5.96. The Labute approximate surface area is 122 Å². The van der Waals surface area contributed by atoms with Gasteiger partial charge in [0.25, 0.3) is 5.91 Å². The Morgan fingerprint density at radius 2 is 2.19 bits per heavy atom. The molecule has 0 fully saturated rings. The standard InChI is InChI=1S/C16H17N3O2/c1-3-19(11-12-9-17-18(2)10-12)16(20)15-8-13-6-4-5-7-14(13)21-15/h4-10H,3,11H2,1-2H3. The van der Waals surface area contributed by atoms with Crippen LogP contribution in [0.5, 0.6) is 0 Å². The van der Waals surface area contributed by atoms with Crippen LogP contribution >= 0.6 is 0 Å². The van der Waals surface area contributed by atoms with Crippen molar-refractivity contribution in [1.29, 1.82) is 0 Å². The number of amides is 1. The van der Waals surface area contributed by atoms with E-state index < -0.39 is 0 Å². The van der Waals surface area contributed by atoms with Gasteiger partial charge in [-0.05, 0) is 19.1 Å². The summed E-state index contributed by atoms with van der Waals surface area (Å²) in [5, 5.41) is 5.07. The van der Waals surface area contributed by atoms with Gasteiger partial charge in [0, 0.05) is 37.3 Å². The Morgan fingerprint density at radius 1 is 1.38 bits per heavy atom. The van der Waals surface area contributed by atoms with Gasteiger partial charge in [-0.15, -0.1) is 0 Å². The van der Waals surface area contributed by atoms with Crippen molar-refractivity contribution < 1.29 is 9.21 Å². The molecule has 5 heteroatoms. The highest BCUT2D eigenvalue weighted by Gasteiger charge is 2.19. The van der Waals surface area contributed by atoms with E-state index in [-0.39, 0.29) is 5.91 Å². The Balaban J connectivity index is 1.84. The number of carbonyl (C=O) groups is 1. The lowest BCUT2D eigenvalue weighted by Crippen LogP contribution is -2.29. The molecule has 0 radical (unpaired) electrons. The number of benzene rings is 1. The second-order valence-corrected chi connectivity index (χ2v) is 4.99. The number of aryl methyl sites for hydroxylation is 1. The van der Waals surface area contributed by atoms with Gasteiger partial charge in [0.05, 0.1) is 6.20 Å². The van der Waals surface area contributed by atoms with Gasteiger partial charge >= 0.3 is 0 Å². The number of fused-ring (bicyclic) bond motifs is 1. The Morgan fingerprint density at radius 3 is 2.86 bits per heavy atom. The maximum atomic E-state index is 12.6. The molecule has 0 atom stereocenters. The van der Waals surface area contributed by atoms with E-state index in [4.69, 9.17) is 4.42 Å². The first-order valence-corrected chi connectivity index (χ1v) is 6.92. The van der Waals surface area contributed by atoms with Crippen LogP contribution in [0.2, 0.25) is 0 Å². The fourth-order valence-electron chi connectivity index (χ4n) is 2.34. The van der Waals surface area contributed by atoms with Crippen LogP contribution in [-0.2, 0) is 13.6 Å². The average Bonchev–Trinajstić information content (AvgIpc) is 3.09. The summed E-state index contributed by atoms with van der Waals surface area (Å²) in [4.78, 5) is 14.3. The zero-order chi connectivity index (χ0) is 14.8. The number of hydrogen-bond acceptors (Lipinski definition) is 3. The molecule has 0 spiro atoms. The molecular weight excluding hydrogens is 266 g/mol. The first kappa shape index (κ1) is 13.4. The minimum Gasteiger partial charge on any atom is -0.451 e. The molecular formula is C16H17N3O2. The molecule has 108 valence electrons. The maximum absolute atomic E-state index is 12.6. The number of carbonyl (C=O) groups excluding carboxylic acids is 1. The van der Waals surface area contributed by atoms with Crippen LogP contribution in [0.1, 0.15) is 23.0 Å². The van der Waals surface area contributed by atoms with Gasteiger partial charge in [0.15, 0.2) is 5.76 Å². The molecule has 0 aliphatic rings. The van der Waals surface area contributed by atoms with Crippen molar-refractivity contribution >= 4 is 16.9 Å². The number of aromatic nitrogens is 2. The second kappa shape index (κ2) is 5.44. The molecule has 0 N–H and O–H groups in total. The third kappa shape index (κ3) is 2.67. The van der Waals surface area contributed by atoms with Crippen LogP contribution in [-0.4, -0.2) is 27.1 Å². The van der Waals surface area contributed by atoms with E-state index in [2.05, 4.69) is 5.10 Å². The summed E-state index contributed by atoms with van der Waals surface area (Å²) in [7, 11) is 1.86. The van der Waals surface area contributed by atoms with E-state index in [0.717, 1.165) is 16.5 Å². The molecule has 2 heterocycles. The molecule has 1 amide bonds. The van der Waals surface area contributed by atoms with Crippen LogP contribution < -0.4 is 0 Å². The molecule has 1 aromatic carbocycles. The summed E-state index contributed by atoms with van der Waals surface area (Å²) >= 11 is 0. The van der Waals surface area contributed by atoms with Crippen LogP contribution in [0.25, 0.3) is 11.0 Å². The molecule has 3 rings (SSSR count). The summed E-state index contributed by atoms with van der Waals surface area (Å²) in [6.45, 7) is 3.10. The van der Waals surface area contributed by atoms with E-state index >= 15 is 0 Å². The summed E-state index contributed by atoms with van der Waals surface area (Å²) in [6.07, 6.45) is 3.68. The fraction of sp³-hybridized carbons (Fsp3) is 0.250. The largest absolute Gasteiger partial charge is 0.451 e. The molecule has 0 unspecified atom stereocenters. The predicted molar refractivity (Wildman–Crippen MR) is 79.8 cm³/mol. The molecule has 0 aliphatic heterocycles. The predicted octanol–water partition coefficient (Wildman–Crippen LogP) is 2.83. The average molecular weight is 283 g/mol. The molecule has 0 aliphatic carbocycles. The third-order valence-electron chi connectivity index (χ3n) is 3.44. The molecule has 21 heavy (non-hydrogen) atoms. The summed E-state index contributed by atoms with van der Waals surface area (Å²) in [6, 6.07) is 9.42. The first-order valence-electron chi connectivity index (χ1n) is 6.92. The molecule has 0 saturated heterocycles. The number of hydrogen-bond donors (Lipinski definition) is 0. The topological polar surface area (TPSA) is 51.3 Å². The Kier molecular flexibility index (Phi) is 3.48. The Bertz CT molecular complexity index is 740. The zero-order valence-electron chi connectivity index (χ0n) is 12.1.